The number of carbonyl (C=O) groups excluding carboxylic acids is 1. The minimum absolute atomic E-state index is 0.0538. The Morgan fingerprint density at radius 1 is 1.47 bits per heavy atom. The van der Waals surface area contributed by atoms with E-state index in [-0.39, 0.29) is 5.91 Å². The third kappa shape index (κ3) is 1.95. The molecule has 2 aliphatic heterocycles. The summed E-state index contributed by atoms with van der Waals surface area (Å²) < 4.78 is 4.96. The molecule has 2 unspecified atom stereocenters. The summed E-state index contributed by atoms with van der Waals surface area (Å²) in [6.45, 7) is 3.42. The Balaban J connectivity index is 1.76. The first kappa shape index (κ1) is 10.8. The highest BCUT2D eigenvalue weighted by Crippen LogP contribution is 2.22. The van der Waals surface area contributed by atoms with Gasteiger partial charge in [0.15, 0.2) is 0 Å². The van der Waals surface area contributed by atoms with Gasteiger partial charge in [-0.25, -0.2) is 0 Å². The van der Waals surface area contributed by atoms with Crippen LogP contribution in [0.4, 0.5) is 0 Å². The quantitative estimate of drug-likeness (QED) is 0.787. The maximum Gasteiger partial charge on any atom is 0.259 e. The molecule has 92 valence electrons. The maximum atomic E-state index is 12.3. The van der Waals surface area contributed by atoms with Gasteiger partial charge >= 0.3 is 0 Å². The van der Waals surface area contributed by atoms with Crippen molar-refractivity contribution >= 4 is 5.91 Å². The topological polar surface area (TPSA) is 58.4 Å². The summed E-state index contributed by atoms with van der Waals surface area (Å²) in [5, 5.41) is 7.24. The summed E-state index contributed by atoms with van der Waals surface area (Å²) in [7, 11) is 0. The van der Waals surface area contributed by atoms with Crippen molar-refractivity contribution in [1.29, 1.82) is 0 Å². The SMILES string of the molecule is Cc1oncc1C(=O)N1CCC2CCC(C1)N2. The van der Waals surface area contributed by atoms with E-state index in [2.05, 4.69) is 10.5 Å². The molecule has 5 nitrogen and oxygen atoms in total. The first-order valence-electron chi connectivity index (χ1n) is 6.20. The first-order chi connectivity index (χ1) is 8.24. The lowest BCUT2D eigenvalue weighted by atomic mass is 10.1. The second-order valence-corrected chi connectivity index (χ2v) is 4.97. The summed E-state index contributed by atoms with van der Waals surface area (Å²) >= 11 is 0. The molecule has 0 aromatic carbocycles. The zero-order valence-corrected chi connectivity index (χ0v) is 9.98. The molecule has 2 fully saturated rings. The van der Waals surface area contributed by atoms with Crippen LogP contribution in [0.2, 0.25) is 0 Å². The van der Waals surface area contributed by atoms with Crippen molar-refractivity contribution < 1.29 is 9.32 Å². The normalized spacial score (nSPS) is 28.2. The van der Waals surface area contributed by atoms with Gasteiger partial charge in [0.2, 0.25) is 0 Å². The van der Waals surface area contributed by atoms with E-state index in [0.717, 1.165) is 19.5 Å². The number of fused-ring (bicyclic) bond motifs is 2. The van der Waals surface area contributed by atoms with Gasteiger partial charge in [0.1, 0.15) is 11.3 Å². The maximum absolute atomic E-state index is 12.3. The lowest BCUT2D eigenvalue weighted by Gasteiger charge is -2.23. The summed E-state index contributed by atoms with van der Waals surface area (Å²) in [5.74, 6) is 0.662. The monoisotopic (exact) mass is 235 g/mol. The minimum Gasteiger partial charge on any atom is -0.361 e. The number of hydrogen-bond donors (Lipinski definition) is 1. The van der Waals surface area contributed by atoms with Gasteiger partial charge in [-0.2, -0.15) is 0 Å². The van der Waals surface area contributed by atoms with Crippen LogP contribution < -0.4 is 5.32 Å². The molecule has 1 aromatic rings. The van der Waals surface area contributed by atoms with Crippen molar-refractivity contribution in [2.75, 3.05) is 13.1 Å². The number of rotatable bonds is 1. The molecule has 2 aliphatic rings. The molecular formula is C12H17N3O2. The summed E-state index contributed by atoms with van der Waals surface area (Å²) in [6.07, 6.45) is 5.00. The summed E-state index contributed by atoms with van der Waals surface area (Å²) in [4.78, 5) is 14.2. The van der Waals surface area contributed by atoms with Crippen molar-refractivity contribution in [3.63, 3.8) is 0 Å². The van der Waals surface area contributed by atoms with Crippen LogP contribution in [0.15, 0.2) is 10.7 Å². The van der Waals surface area contributed by atoms with Crippen LogP contribution in [0.5, 0.6) is 0 Å². The summed E-state index contributed by atoms with van der Waals surface area (Å²) in [6, 6.07) is 1.06. The zero-order chi connectivity index (χ0) is 11.8. The molecule has 1 amide bonds. The van der Waals surface area contributed by atoms with Crippen molar-refractivity contribution in [2.24, 2.45) is 0 Å². The van der Waals surface area contributed by atoms with Gasteiger partial charge in [-0.1, -0.05) is 5.16 Å². The molecule has 1 aromatic heterocycles. The van der Waals surface area contributed by atoms with Crippen LogP contribution in [0.3, 0.4) is 0 Å². The number of hydrogen-bond acceptors (Lipinski definition) is 4. The fourth-order valence-electron chi connectivity index (χ4n) is 2.80. The van der Waals surface area contributed by atoms with Crippen LogP contribution in [-0.4, -0.2) is 41.1 Å². The van der Waals surface area contributed by atoms with E-state index in [0.29, 0.717) is 23.4 Å². The van der Waals surface area contributed by atoms with Gasteiger partial charge in [-0.15, -0.1) is 0 Å². The Kier molecular flexibility index (Phi) is 2.63. The van der Waals surface area contributed by atoms with Gasteiger partial charge in [-0.05, 0) is 26.2 Å². The van der Waals surface area contributed by atoms with Gasteiger partial charge in [0.05, 0.1) is 6.20 Å². The number of amides is 1. The summed E-state index contributed by atoms with van der Waals surface area (Å²) in [5.41, 5.74) is 0.600. The fourth-order valence-corrected chi connectivity index (χ4v) is 2.80. The van der Waals surface area contributed by atoms with Crippen molar-refractivity contribution in [1.82, 2.24) is 15.4 Å². The predicted octanol–water partition coefficient (Wildman–Crippen LogP) is 0.950. The number of carbonyl (C=O) groups is 1. The van der Waals surface area contributed by atoms with E-state index in [1.807, 2.05) is 4.90 Å². The second kappa shape index (κ2) is 4.14. The molecule has 2 atom stereocenters. The molecule has 0 saturated carbocycles. The van der Waals surface area contributed by atoms with Crippen molar-refractivity contribution in [3.8, 4) is 0 Å². The molecule has 17 heavy (non-hydrogen) atoms. The lowest BCUT2D eigenvalue weighted by Crippen LogP contribution is -2.39. The Morgan fingerprint density at radius 2 is 2.29 bits per heavy atom. The molecule has 3 heterocycles. The van der Waals surface area contributed by atoms with Crippen LogP contribution in [-0.2, 0) is 0 Å². The molecular weight excluding hydrogens is 218 g/mol. The number of aromatic nitrogens is 1. The van der Waals surface area contributed by atoms with E-state index in [1.165, 1.54) is 19.0 Å². The number of nitrogens with zero attached hydrogens (tertiary/aromatic N) is 2. The number of likely N-dealkylation sites (tertiary alicyclic amines) is 1. The van der Waals surface area contributed by atoms with E-state index < -0.39 is 0 Å². The van der Waals surface area contributed by atoms with E-state index in [4.69, 9.17) is 4.52 Å². The first-order valence-corrected chi connectivity index (χ1v) is 6.20. The highest BCUT2D eigenvalue weighted by molar-refractivity contribution is 5.94. The highest BCUT2D eigenvalue weighted by atomic mass is 16.5. The van der Waals surface area contributed by atoms with Gasteiger partial charge in [-0.3, -0.25) is 4.79 Å². The smallest absolute Gasteiger partial charge is 0.259 e. The molecule has 0 spiro atoms. The second-order valence-electron chi connectivity index (χ2n) is 4.97. The average Bonchev–Trinajstić information content (AvgIpc) is 2.84. The molecule has 1 N–H and O–H groups in total. The molecule has 2 bridgehead atoms. The molecule has 5 heteroatoms. The molecule has 0 aliphatic carbocycles. The zero-order valence-electron chi connectivity index (χ0n) is 9.98. The van der Waals surface area contributed by atoms with E-state index in [1.54, 1.807) is 6.92 Å². The highest BCUT2D eigenvalue weighted by Gasteiger charge is 2.32. The minimum atomic E-state index is 0.0538. The predicted molar refractivity (Wildman–Crippen MR) is 61.7 cm³/mol. The Hall–Kier alpha value is -1.36. The third-order valence-electron chi connectivity index (χ3n) is 3.79. The molecule has 3 rings (SSSR count). The van der Waals surface area contributed by atoms with Crippen LogP contribution in [0.25, 0.3) is 0 Å². The Labute approximate surface area is 100 Å². The van der Waals surface area contributed by atoms with Crippen molar-refractivity contribution in [2.45, 2.75) is 38.3 Å². The van der Waals surface area contributed by atoms with E-state index >= 15 is 0 Å². The molecule has 0 radical (unpaired) electrons. The van der Waals surface area contributed by atoms with Gasteiger partial charge in [0.25, 0.3) is 5.91 Å². The number of nitrogens with one attached hydrogen (secondary N) is 1. The average molecular weight is 235 g/mol. The third-order valence-corrected chi connectivity index (χ3v) is 3.79. The van der Waals surface area contributed by atoms with Gasteiger partial charge < -0.3 is 14.7 Å². The van der Waals surface area contributed by atoms with Crippen LogP contribution in [0, 0.1) is 6.92 Å². The molecule has 2 saturated heterocycles. The van der Waals surface area contributed by atoms with Crippen LogP contribution in [0.1, 0.15) is 35.4 Å². The van der Waals surface area contributed by atoms with Crippen LogP contribution >= 0.6 is 0 Å². The Morgan fingerprint density at radius 3 is 3.06 bits per heavy atom. The standard InChI is InChI=1S/C12H17N3O2/c1-8-11(6-13-17-8)12(16)15-5-4-9-2-3-10(7-15)14-9/h6,9-10,14H,2-5,7H2,1H3. The fraction of sp³-hybridized carbons (Fsp3) is 0.667. The number of aryl methyl sites for hydroxylation is 1. The van der Waals surface area contributed by atoms with E-state index in [9.17, 15) is 4.79 Å². The largest absolute Gasteiger partial charge is 0.361 e. The van der Waals surface area contributed by atoms with Gasteiger partial charge in [0, 0.05) is 25.2 Å². The lowest BCUT2D eigenvalue weighted by molar-refractivity contribution is 0.0746. The van der Waals surface area contributed by atoms with Crippen molar-refractivity contribution in [3.05, 3.63) is 17.5 Å². The Bertz CT molecular complexity index is 429.